The van der Waals surface area contributed by atoms with Crippen molar-refractivity contribution in [2.45, 2.75) is 12.6 Å². The van der Waals surface area contributed by atoms with Crippen molar-refractivity contribution >= 4 is 5.78 Å². The van der Waals surface area contributed by atoms with E-state index in [2.05, 4.69) is 10.2 Å². The molecule has 0 spiro atoms. The fourth-order valence-electron chi connectivity index (χ4n) is 1.60. The van der Waals surface area contributed by atoms with E-state index in [0.717, 1.165) is 12.1 Å². The lowest BCUT2D eigenvalue weighted by molar-refractivity contribution is -0.137. The normalized spacial score (nSPS) is 11.3. The van der Waals surface area contributed by atoms with E-state index in [-0.39, 0.29) is 12.2 Å². The molecule has 1 aromatic carbocycles. The summed E-state index contributed by atoms with van der Waals surface area (Å²) < 4.78 is 37.6. The van der Waals surface area contributed by atoms with Gasteiger partial charge >= 0.3 is 6.18 Å². The van der Waals surface area contributed by atoms with Crippen LogP contribution in [0.25, 0.3) is 0 Å². The Balaban J connectivity index is 2.18. The van der Waals surface area contributed by atoms with Crippen molar-refractivity contribution in [3.05, 3.63) is 59.4 Å². The molecule has 0 saturated heterocycles. The minimum absolute atomic E-state index is 0.102. The van der Waals surface area contributed by atoms with Crippen LogP contribution in [0.2, 0.25) is 0 Å². The maximum atomic E-state index is 12.5. The first-order chi connectivity index (χ1) is 8.97. The number of benzene rings is 1. The summed E-state index contributed by atoms with van der Waals surface area (Å²) in [6, 6.07) is 6.20. The molecule has 2 aromatic rings. The monoisotopic (exact) mass is 266 g/mol. The van der Waals surface area contributed by atoms with Crippen LogP contribution in [0.5, 0.6) is 0 Å². The molecule has 19 heavy (non-hydrogen) atoms. The average Bonchev–Trinajstić information content (AvgIpc) is 2.39. The van der Waals surface area contributed by atoms with Gasteiger partial charge in [-0.05, 0) is 17.7 Å². The lowest BCUT2D eigenvalue weighted by atomic mass is 10.0. The van der Waals surface area contributed by atoms with E-state index in [4.69, 9.17) is 0 Å². The number of rotatable bonds is 3. The zero-order chi connectivity index (χ0) is 13.9. The Hall–Kier alpha value is -2.24. The molecule has 0 fully saturated rings. The fraction of sp³-hybridized carbons (Fsp3) is 0.154. The molecular weight excluding hydrogens is 257 g/mol. The van der Waals surface area contributed by atoms with Gasteiger partial charge in [-0.3, -0.25) is 4.79 Å². The van der Waals surface area contributed by atoms with Crippen molar-refractivity contribution in [3.8, 4) is 0 Å². The van der Waals surface area contributed by atoms with E-state index in [1.165, 1.54) is 30.6 Å². The number of carbonyl (C=O) groups excluding carboxylic acids is 1. The Morgan fingerprint density at radius 2 is 1.95 bits per heavy atom. The molecule has 0 aliphatic heterocycles. The lowest BCUT2D eigenvalue weighted by Gasteiger charge is -2.08. The van der Waals surface area contributed by atoms with Gasteiger partial charge in [0, 0.05) is 12.0 Å². The maximum absolute atomic E-state index is 12.5. The molecule has 2 rings (SSSR count). The zero-order valence-electron chi connectivity index (χ0n) is 9.69. The fourth-order valence-corrected chi connectivity index (χ4v) is 1.60. The number of alkyl halides is 3. The van der Waals surface area contributed by atoms with Crippen LogP contribution in [0.3, 0.4) is 0 Å². The number of halogens is 3. The molecular formula is C13H9F3N2O. The topological polar surface area (TPSA) is 42.9 Å². The van der Waals surface area contributed by atoms with Crippen LogP contribution in [-0.4, -0.2) is 16.0 Å². The summed E-state index contributed by atoms with van der Waals surface area (Å²) in [5.74, 6) is -0.297. The number of ketones is 1. The van der Waals surface area contributed by atoms with Gasteiger partial charge in [0.1, 0.15) is 0 Å². The standard InChI is InChI=1S/C13H9F3N2O/c14-13(15,16)11-3-1-2-9(6-11)7-12(19)10-4-5-17-18-8-10/h1-6,8H,7H2. The highest BCUT2D eigenvalue weighted by atomic mass is 19.4. The number of hydrogen-bond donors (Lipinski definition) is 0. The summed E-state index contributed by atoms with van der Waals surface area (Å²) in [5.41, 5.74) is -0.116. The van der Waals surface area contributed by atoms with Crippen LogP contribution in [0.1, 0.15) is 21.5 Å². The molecule has 0 bridgehead atoms. The molecule has 6 heteroatoms. The molecule has 1 aromatic heterocycles. The minimum Gasteiger partial charge on any atom is -0.294 e. The summed E-state index contributed by atoms with van der Waals surface area (Å²) in [6.07, 6.45) is -1.86. The number of nitrogens with zero attached hydrogens (tertiary/aromatic N) is 2. The Morgan fingerprint density at radius 1 is 1.16 bits per heavy atom. The molecule has 0 N–H and O–H groups in total. The first-order valence-electron chi connectivity index (χ1n) is 5.43. The van der Waals surface area contributed by atoms with Gasteiger partial charge in [-0.2, -0.15) is 23.4 Å². The van der Waals surface area contributed by atoms with Crippen LogP contribution < -0.4 is 0 Å². The molecule has 0 amide bonds. The molecule has 3 nitrogen and oxygen atoms in total. The van der Waals surface area contributed by atoms with Crippen LogP contribution in [-0.2, 0) is 12.6 Å². The Kier molecular flexibility index (Phi) is 3.59. The van der Waals surface area contributed by atoms with E-state index >= 15 is 0 Å². The van der Waals surface area contributed by atoms with Crippen molar-refractivity contribution < 1.29 is 18.0 Å². The number of aromatic nitrogens is 2. The van der Waals surface area contributed by atoms with Gasteiger partial charge in [-0.15, -0.1) is 0 Å². The van der Waals surface area contributed by atoms with Gasteiger partial charge < -0.3 is 0 Å². The summed E-state index contributed by atoms with van der Waals surface area (Å²) in [7, 11) is 0. The van der Waals surface area contributed by atoms with E-state index in [1.807, 2.05) is 0 Å². The van der Waals surface area contributed by atoms with Gasteiger partial charge in [0.15, 0.2) is 5.78 Å². The number of carbonyl (C=O) groups is 1. The SMILES string of the molecule is O=C(Cc1cccc(C(F)(F)F)c1)c1ccnnc1. The van der Waals surface area contributed by atoms with Gasteiger partial charge in [-0.1, -0.05) is 18.2 Å². The van der Waals surface area contributed by atoms with Crippen LogP contribution in [0.15, 0.2) is 42.7 Å². The van der Waals surface area contributed by atoms with Crippen molar-refractivity contribution in [2.24, 2.45) is 0 Å². The third-order valence-electron chi connectivity index (χ3n) is 2.53. The Bertz CT molecular complexity index is 582. The highest BCUT2D eigenvalue weighted by molar-refractivity contribution is 5.97. The molecule has 0 radical (unpaired) electrons. The van der Waals surface area contributed by atoms with E-state index < -0.39 is 11.7 Å². The van der Waals surface area contributed by atoms with Crippen molar-refractivity contribution in [3.63, 3.8) is 0 Å². The third kappa shape index (κ3) is 3.37. The molecule has 0 aliphatic carbocycles. The van der Waals surface area contributed by atoms with Crippen LogP contribution >= 0.6 is 0 Å². The first-order valence-corrected chi connectivity index (χ1v) is 5.43. The number of hydrogen-bond acceptors (Lipinski definition) is 3. The molecule has 1 heterocycles. The van der Waals surface area contributed by atoms with Crippen molar-refractivity contribution in [2.75, 3.05) is 0 Å². The van der Waals surface area contributed by atoms with E-state index in [1.54, 1.807) is 0 Å². The van der Waals surface area contributed by atoms with E-state index in [9.17, 15) is 18.0 Å². The van der Waals surface area contributed by atoms with Gasteiger partial charge in [0.25, 0.3) is 0 Å². The summed E-state index contributed by atoms with van der Waals surface area (Å²) >= 11 is 0. The highest BCUT2D eigenvalue weighted by Crippen LogP contribution is 2.29. The smallest absolute Gasteiger partial charge is 0.294 e. The molecule has 0 aliphatic rings. The molecule has 0 atom stereocenters. The largest absolute Gasteiger partial charge is 0.416 e. The second kappa shape index (κ2) is 5.17. The summed E-state index contributed by atoms with van der Waals surface area (Å²) in [6.45, 7) is 0. The molecule has 0 saturated carbocycles. The maximum Gasteiger partial charge on any atom is 0.416 e. The Morgan fingerprint density at radius 3 is 2.58 bits per heavy atom. The average molecular weight is 266 g/mol. The van der Waals surface area contributed by atoms with Gasteiger partial charge in [0.05, 0.1) is 18.0 Å². The predicted octanol–water partition coefficient (Wildman–Crippen LogP) is 2.92. The van der Waals surface area contributed by atoms with Crippen LogP contribution in [0, 0.1) is 0 Å². The summed E-state index contributed by atoms with van der Waals surface area (Å²) in [5, 5.41) is 7.08. The van der Waals surface area contributed by atoms with Gasteiger partial charge in [0.2, 0.25) is 0 Å². The van der Waals surface area contributed by atoms with Gasteiger partial charge in [-0.25, -0.2) is 0 Å². The highest BCUT2D eigenvalue weighted by Gasteiger charge is 2.30. The van der Waals surface area contributed by atoms with Crippen molar-refractivity contribution in [1.82, 2.24) is 10.2 Å². The second-order valence-electron chi connectivity index (χ2n) is 3.93. The zero-order valence-corrected chi connectivity index (χ0v) is 9.69. The van der Waals surface area contributed by atoms with Crippen LogP contribution in [0.4, 0.5) is 13.2 Å². The molecule has 98 valence electrons. The molecule has 0 unspecified atom stereocenters. The second-order valence-corrected chi connectivity index (χ2v) is 3.93. The predicted molar refractivity (Wildman–Crippen MR) is 61.5 cm³/mol. The quantitative estimate of drug-likeness (QED) is 0.802. The first kappa shape index (κ1) is 13.2. The summed E-state index contributed by atoms with van der Waals surface area (Å²) in [4.78, 5) is 11.8. The minimum atomic E-state index is -4.41. The lowest BCUT2D eigenvalue weighted by Crippen LogP contribution is -2.08. The van der Waals surface area contributed by atoms with Crippen molar-refractivity contribution in [1.29, 1.82) is 0 Å². The number of Topliss-reactive ketones (excluding diaryl/α,β-unsaturated/α-hetero) is 1. The Labute approximate surface area is 107 Å². The third-order valence-corrected chi connectivity index (χ3v) is 2.53. The van der Waals surface area contributed by atoms with E-state index in [0.29, 0.717) is 11.1 Å².